The Morgan fingerprint density at radius 3 is 2.58 bits per heavy atom. The van der Waals surface area contributed by atoms with E-state index in [-0.39, 0.29) is 18.6 Å². The minimum absolute atomic E-state index is 0.0237. The lowest BCUT2D eigenvalue weighted by Crippen LogP contribution is -2.32. The van der Waals surface area contributed by atoms with Crippen LogP contribution in [0.5, 0.6) is 0 Å². The second-order valence-electron chi connectivity index (χ2n) is 2.86. The lowest BCUT2D eigenvalue weighted by molar-refractivity contribution is -0.135. The summed E-state index contributed by atoms with van der Waals surface area (Å²) < 4.78 is 5.14. The van der Waals surface area contributed by atoms with Gasteiger partial charge in [-0.2, -0.15) is 0 Å². The molecule has 0 aromatic heterocycles. The molecule has 0 saturated carbocycles. The summed E-state index contributed by atoms with van der Waals surface area (Å²) in [4.78, 5) is 12.7. The van der Waals surface area contributed by atoms with Crippen LogP contribution < -0.4 is 0 Å². The zero-order valence-corrected chi connectivity index (χ0v) is 8.60. The highest BCUT2D eigenvalue weighted by molar-refractivity contribution is 6.18. The van der Waals surface area contributed by atoms with Gasteiger partial charge in [-0.1, -0.05) is 0 Å². The van der Waals surface area contributed by atoms with Crippen LogP contribution in [-0.4, -0.2) is 43.0 Å². The first kappa shape index (κ1) is 11.7. The van der Waals surface area contributed by atoms with Crippen molar-refractivity contribution in [1.82, 2.24) is 4.90 Å². The molecule has 0 bridgehead atoms. The van der Waals surface area contributed by atoms with E-state index in [9.17, 15) is 4.79 Å². The van der Waals surface area contributed by atoms with E-state index in [1.54, 1.807) is 11.9 Å². The molecule has 1 amide bonds. The summed E-state index contributed by atoms with van der Waals surface area (Å²) in [6, 6.07) is 0. The standard InChI is InChI=1S/C8H16ClNO2/c1-7(2)12-6-8(11)10(3)5-4-9/h7H,4-6H2,1-3H3. The van der Waals surface area contributed by atoms with E-state index in [2.05, 4.69) is 0 Å². The monoisotopic (exact) mass is 193 g/mol. The predicted molar refractivity (Wildman–Crippen MR) is 49.4 cm³/mol. The largest absolute Gasteiger partial charge is 0.369 e. The van der Waals surface area contributed by atoms with Gasteiger partial charge in [0.15, 0.2) is 0 Å². The van der Waals surface area contributed by atoms with Gasteiger partial charge in [-0.25, -0.2) is 0 Å². The molecule has 0 N–H and O–H groups in total. The van der Waals surface area contributed by atoms with Gasteiger partial charge in [-0.15, -0.1) is 11.6 Å². The molecule has 4 heteroatoms. The molecule has 0 saturated heterocycles. The van der Waals surface area contributed by atoms with Crippen LogP contribution >= 0.6 is 11.6 Å². The first-order chi connectivity index (χ1) is 5.57. The Kier molecular flexibility index (Phi) is 6.11. The number of hydrogen-bond acceptors (Lipinski definition) is 2. The van der Waals surface area contributed by atoms with Crippen LogP contribution in [0.3, 0.4) is 0 Å². The summed E-state index contributed by atoms with van der Waals surface area (Å²) in [5.74, 6) is 0.438. The van der Waals surface area contributed by atoms with Crippen molar-refractivity contribution in [3.05, 3.63) is 0 Å². The fourth-order valence-corrected chi connectivity index (χ4v) is 0.853. The Bertz CT molecular complexity index is 139. The molecule has 0 radical (unpaired) electrons. The zero-order chi connectivity index (χ0) is 9.56. The molecule has 0 aromatic rings. The number of amides is 1. The van der Waals surface area contributed by atoms with Crippen LogP contribution in [0.15, 0.2) is 0 Å². The number of ether oxygens (including phenoxy) is 1. The molecule has 0 aromatic carbocycles. The lowest BCUT2D eigenvalue weighted by Gasteiger charge is -2.16. The maximum absolute atomic E-state index is 11.2. The van der Waals surface area contributed by atoms with Crippen LogP contribution in [-0.2, 0) is 9.53 Å². The fraction of sp³-hybridized carbons (Fsp3) is 0.875. The third-order valence-corrected chi connectivity index (χ3v) is 1.55. The molecular formula is C8H16ClNO2. The molecule has 0 aliphatic heterocycles. The van der Waals surface area contributed by atoms with Crippen molar-refractivity contribution in [1.29, 1.82) is 0 Å². The van der Waals surface area contributed by atoms with Crippen molar-refractivity contribution in [2.24, 2.45) is 0 Å². The minimum atomic E-state index is -0.0237. The van der Waals surface area contributed by atoms with Crippen LogP contribution in [0.4, 0.5) is 0 Å². The molecule has 0 aliphatic carbocycles. The molecule has 0 atom stereocenters. The Labute approximate surface area is 78.6 Å². The first-order valence-corrected chi connectivity index (χ1v) is 4.53. The Balaban J connectivity index is 3.57. The SMILES string of the molecule is CC(C)OCC(=O)N(C)CCCl. The lowest BCUT2D eigenvalue weighted by atomic mass is 10.4. The van der Waals surface area contributed by atoms with E-state index < -0.39 is 0 Å². The van der Waals surface area contributed by atoms with Crippen molar-refractivity contribution in [2.75, 3.05) is 26.1 Å². The summed E-state index contributed by atoms with van der Waals surface area (Å²) in [6.07, 6.45) is 0.0957. The van der Waals surface area contributed by atoms with Gasteiger partial charge >= 0.3 is 0 Å². The Morgan fingerprint density at radius 1 is 1.58 bits per heavy atom. The predicted octanol–water partition coefficient (Wildman–Crippen LogP) is 1.11. The van der Waals surface area contributed by atoms with Crippen molar-refractivity contribution in [3.63, 3.8) is 0 Å². The summed E-state index contributed by atoms with van der Waals surface area (Å²) in [5, 5.41) is 0. The summed E-state index contributed by atoms with van der Waals surface area (Å²) >= 11 is 5.47. The topological polar surface area (TPSA) is 29.5 Å². The normalized spacial score (nSPS) is 10.4. The summed E-state index contributed by atoms with van der Waals surface area (Å²) in [7, 11) is 1.72. The summed E-state index contributed by atoms with van der Waals surface area (Å²) in [5.41, 5.74) is 0. The second kappa shape index (κ2) is 6.26. The van der Waals surface area contributed by atoms with Crippen LogP contribution in [0.25, 0.3) is 0 Å². The smallest absolute Gasteiger partial charge is 0.248 e. The molecule has 0 heterocycles. The maximum atomic E-state index is 11.2. The average Bonchev–Trinajstić information content (AvgIpc) is 2.00. The molecule has 0 aliphatic rings. The molecule has 3 nitrogen and oxygen atoms in total. The third-order valence-electron chi connectivity index (χ3n) is 1.39. The highest BCUT2D eigenvalue weighted by Gasteiger charge is 2.08. The van der Waals surface area contributed by atoms with Crippen molar-refractivity contribution in [3.8, 4) is 0 Å². The zero-order valence-electron chi connectivity index (χ0n) is 7.84. The molecule has 12 heavy (non-hydrogen) atoms. The van der Waals surface area contributed by atoms with Gasteiger partial charge in [0.1, 0.15) is 6.61 Å². The highest BCUT2D eigenvalue weighted by Crippen LogP contribution is 1.91. The molecular weight excluding hydrogens is 178 g/mol. The molecule has 0 fully saturated rings. The third kappa shape index (κ3) is 5.38. The summed E-state index contributed by atoms with van der Waals surface area (Å²) in [6.45, 7) is 4.51. The number of nitrogens with zero attached hydrogens (tertiary/aromatic N) is 1. The van der Waals surface area contributed by atoms with Crippen LogP contribution in [0, 0.1) is 0 Å². The fourth-order valence-electron chi connectivity index (χ4n) is 0.600. The second-order valence-corrected chi connectivity index (χ2v) is 3.24. The minimum Gasteiger partial charge on any atom is -0.369 e. The quantitative estimate of drug-likeness (QED) is 0.613. The average molecular weight is 194 g/mol. The van der Waals surface area contributed by atoms with Crippen molar-refractivity contribution < 1.29 is 9.53 Å². The Hall–Kier alpha value is -0.280. The number of likely N-dealkylation sites (N-methyl/N-ethyl adjacent to an activating group) is 1. The highest BCUT2D eigenvalue weighted by atomic mass is 35.5. The number of hydrogen-bond donors (Lipinski definition) is 0. The van der Waals surface area contributed by atoms with E-state index in [0.29, 0.717) is 12.4 Å². The number of carbonyl (C=O) groups is 1. The van der Waals surface area contributed by atoms with Gasteiger partial charge in [-0.3, -0.25) is 4.79 Å². The Morgan fingerprint density at radius 2 is 2.17 bits per heavy atom. The van der Waals surface area contributed by atoms with Crippen molar-refractivity contribution >= 4 is 17.5 Å². The van der Waals surface area contributed by atoms with E-state index in [0.717, 1.165) is 0 Å². The molecule has 0 spiro atoms. The van der Waals surface area contributed by atoms with Crippen molar-refractivity contribution in [2.45, 2.75) is 20.0 Å². The first-order valence-electron chi connectivity index (χ1n) is 3.99. The molecule has 72 valence electrons. The van der Waals surface area contributed by atoms with Gasteiger partial charge < -0.3 is 9.64 Å². The van der Waals surface area contributed by atoms with E-state index in [4.69, 9.17) is 16.3 Å². The van der Waals surface area contributed by atoms with E-state index in [1.807, 2.05) is 13.8 Å². The van der Waals surface area contributed by atoms with Crippen LogP contribution in [0.1, 0.15) is 13.8 Å². The van der Waals surface area contributed by atoms with Gasteiger partial charge in [0.05, 0.1) is 6.10 Å². The van der Waals surface area contributed by atoms with E-state index >= 15 is 0 Å². The number of halogens is 1. The van der Waals surface area contributed by atoms with Crippen LogP contribution in [0.2, 0.25) is 0 Å². The van der Waals surface area contributed by atoms with Gasteiger partial charge in [0.25, 0.3) is 0 Å². The number of alkyl halides is 1. The number of rotatable bonds is 5. The van der Waals surface area contributed by atoms with Gasteiger partial charge in [-0.05, 0) is 13.8 Å². The number of carbonyl (C=O) groups excluding carboxylic acids is 1. The maximum Gasteiger partial charge on any atom is 0.248 e. The molecule has 0 unspecified atom stereocenters. The van der Waals surface area contributed by atoms with E-state index in [1.165, 1.54) is 0 Å². The van der Waals surface area contributed by atoms with Gasteiger partial charge in [0.2, 0.25) is 5.91 Å². The van der Waals surface area contributed by atoms with Gasteiger partial charge in [0, 0.05) is 19.5 Å². The molecule has 0 rings (SSSR count).